The molecule has 1 fully saturated rings. The van der Waals surface area contributed by atoms with Gasteiger partial charge in [-0.05, 0) is 26.7 Å². The van der Waals surface area contributed by atoms with Crippen molar-refractivity contribution in [1.29, 1.82) is 0 Å². The van der Waals surface area contributed by atoms with Gasteiger partial charge in [0.25, 0.3) is 0 Å². The molecule has 3 nitrogen and oxygen atoms in total. The van der Waals surface area contributed by atoms with E-state index in [1.54, 1.807) is 13.8 Å². The Morgan fingerprint density at radius 3 is 2.17 bits per heavy atom. The van der Waals surface area contributed by atoms with Crippen LogP contribution in [0.15, 0.2) is 0 Å². The minimum Gasteiger partial charge on any atom is -0.212 e. The Morgan fingerprint density at radius 2 is 1.75 bits per heavy atom. The lowest BCUT2D eigenvalue weighted by Crippen LogP contribution is -2.37. The molecule has 1 aliphatic carbocycles. The third kappa shape index (κ3) is 2.45. The lowest BCUT2D eigenvalue weighted by Gasteiger charge is -2.14. The summed E-state index contributed by atoms with van der Waals surface area (Å²) < 4.78 is 25.5. The van der Waals surface area contributed by atoms with Gasteiger partial charge in [-0.15, -0.1) is 0 Å². The summed E-state index contributed by atoms with van der Waals surface area (Å²) in [6, 6.07) is 0.206. The average Bonchev–Trinajstić information content (AvgIpc) is 2.38. The second-order valence-corrected chi connectivity index (χ2v) is 5.96. The van der Waals surface area contributed by atoms with E-state index < -0.39 is 10.0 Å². The maximum absolute atomic E-state index is 11.4. The predicted octanol–water partition coefficient (Wildman–Crippen LogP) is 1.26. The number of sulfonamides is 1. The van der Waals surface area contributed by atoms with Gasteiger partial charge in [-0.25, -0.2) is 13.1 Å². The Morgan fingerprint density at radius 1 is 1.25 bits per heavy atom. The monoisotopic (exact) mass is 191 g/mol. The van der Waals surface area contributed by atoms with Gasteiger partial charge in [0.15, 0.2) is 0 Å². The van der Waals surface area contributed by atoms with Gasteiger partial charge < -0.3 is 0 Å². The van der Waals surface area contributed by atoms with E-state index in [-0.39, 0.29) is 11.3 Å². The fraction of sp³-hybridized carbons (Fsp3) is 1.00. The average molecular weight is 191 g/mol. The first-order valence-electron chi connectivity index (χ1n) is 4.53. The topological polar surface area (TPSA) is 46.2 Å². The molecular weight excluding hydrogens is 174 g/mol. The number of nitrogens with one attached hydrogen (secondary N) is 1. The van der Waals surface area contributed by atoms with Gasteiger partial charge in [0.1, 0.15) is 0 Å². The zero-order valence-corrected chi connectivity index (χ0v) is 8.52. The van der Waals surface area contributed by atoms with Crippen LogP contribution in [-0.2, 0) is 10.0 Å². The van der Waals surface area contributed by atoms with Crippen LogP contribution in [0.2, 0.25) is 0 Å². The molecule has 0 unspecified atom stereocenters. The minimum absolute atomic E-state index is 0.206. The van der Waals surface area contributed by atoms with Gasteiger partial charge in [0.05, 0.1) is 5.25 Å². The van der Waals surface area contributed by atoms with Crippen molar-refractivity contribution in [3.8, 4) is 0 Å². The zero-order valence-electron chi connectivity index (χ0n) is 7.71. The molecule has 0 aromatic rings. The van der Waals surface area contributed by atoms with Gasteiger partial charge >= 0.3 is 0 Å². The summed E-state index contributed by atoms with van der Waals surface area (Å²) in [5, 5.41) is -0.307. The Bertz CT molecular complexity index is 227. The highest BCUT2D eigenvalue weighted by Gasteiger charge is 2.23. The van der Waals surface area contributed by atoms with Crippen LogP contribution in [-0.4, -0.2) is 19.7 Å². The molecular formula is C8H17NO2S. The van der Waals surface area contributed by atoms with Crippen molar-refractivity contribution in [3.63, 3.8) is 0 Å². The molecule has 0 aromatic heterocycles. The summed E-state index contributed by atoms with van der Waals surface area (Å²) in [5.74, 6) is 0. The molecule has 0 aliphatic heterocycles. The summed E-state index contributed by atoms with van der Waals surface area (Å²) in [4.78, 5) is 0. The van der Waals surface area contributed by atoms with E-state index in [1.165, 1.54) is 0 Å². The molecule has 0 aromatic carbocycles. The third-order valence-corrected chi connectivity index (χ3v) is 4.21. The Balaban J connectivity index is 2.49. The van der Waals surface area contributed by atoms with Crippen LogP contribution >= 0.6 is 0 Å². The maximum Gasteiger partial charge on any atom is 0.214 e. The van der Waals surface area contributed by atoms with Gasteiger partial charge in [-0.2, -0.15) is 0 Å². The smallest absolute Gasteiger partial charge is 0.212 e. The van der Waals surface area contributed by atoms with Crippen LogP contribution in [0.25, 0.3) is 0 Å². The highest BCUT2D eigenvalue weighted by atomic mass is 32.2. The van der Waals surface area contributed by atoms with Crippen LogP contribution < -0.4 is 4.72 Å². The summed E-state index contributed by atoms with van der Waals surface area (Å²) in [6.07, 6.45) is 4.33. The van der Waals surface area contributed by atoms with Gasteiger partial charge in [0, 0.05) is 6.04 Å². The fourth-order valence-electron chi connectivity index (χ4n) is 1.41. The molecule has 1 rings (SSSR count). The largest absolute Gasteiger partial charge is 0.214 e. The molecule has 1 aliphatic rings. The Hall–Kier alpha value is -0.0900. The zero-order chi connectivity index (χ0) is 9.19. The standard InChI is InChI=1S/C8H17NO2S/c1-7(2)12(10,11)9-8-5-3-4-6-8/h7-9H,3-6H2,1-2H3. The molecule has 0 bridgehead atoms. The van der Waals surface area contributed by atoms with Crippen molar-refractivity contribution in [3.05, 3.63) is 0 Å². The molecule has 12 heavy (non-hydrogen) atoms. The predicted molar refractivity (Wildman–Crippen MR) is 49.4 cm³/mol. The van der Waals surface area contributed by atoms with E-state index in [9.17, 15) is 8.42 Å². The first-order chi connectivity index (χ1) is 5.52. The minimum atomic E-state index is -3.03. The molecule has 72 valence electrons. The summed E-state index contributed by atoms with van der Waals surface area (Å²) >= 11 is 0. The van der Waals surface area contributed by atoms with Crippen LogP contribution in [0.5, 0.6) is 0 Å². The Kier molecular flexibility index (Phi) is 3.12. The molecule has 0 amide bonds. The van der Waals surface area contributed by atoms with Crippen molar-refractivity contribution in [2.24, 2.45) is 0 Å². The first-order valence-corrected chi connectivity index (χ1v) is 6.08. The van der Waals surface area contributed by atoms with Crippen molar-refractivity contribution < 1.29 is 8.42 Å². The molecule has 0 spiro atoms. The number of rotatable bonds is 3. The summed E-state index contributed by atoms with van der Waals surface area (Å²) in [6.45, 7) is 3.41. The molecule has 0 saturated heterocycles. The highest BCUT2D eigenvalue weighted by Crippen LogP contribution is 2.18. The normalized spacial score (nSPS) is 20.6. The van der Waals surface area contributed by atoms with Crippen LogP contribution in [0.1, 0.15) is 39.5 Å². The van der Waals surface area contributed by atoms with Crippen LogP contribution in [0.3, 0.4) is 0 Å². The molecule has 0 atom stereocenters. The van der Waals surface area contributed by atoms with Crippen molar-refractivity contribution >= 4 is 10.0 Å². The second kappa shape index (κ2) is 3.75. The molecule has 1 saturated carbocycles. The number of hydrogen-bond donors (Lipinski definition) is 1. The van der Waals surface area contributed by atoms with E-state index in [0.29, 0.717) is 0 Å². The van der Waals surface area contributed by atoms with Crippen molar-refractivity contribution in [2.45, 2.75) is 50.8 Å². The van der Waals surface area contributed by atoms with Crippen molar-refractivity contribution in [1.82, 2.24) is 4.72 Å². The number of hydrogen-bond acceptors (Lipinski definition) is 2. The first kappa shape index (κ1) is 9.99. The van der Waals surface area contributed by atoms with Gasteiger partial charge in [-0.3, -0.25) is 0 Å². The third-order valence-electron chi connectivity index (χ3n) is 2.31. The summed E-state index contributed by atoms with van der Waals surface area (Å²) in [5.41, 5.74) is 0. The molecule has 4 heteroatoms. The Labute approximate surface area is 74.6 Å². The van der Waals surface area contributed by atoms with E-state index >= 15 is 0 Å². The van der Waals surface area contributed by atoms with Crippen molar-refractivity contribution in [2.75, 3.05) is 0 Å². The fourth-order valence-corrected chi connectivity index (χ4v) is 2.38. The van der Waals surface area contributed by atoms with Gasteiger partial charge in [-0.1, -0.05) is 12.8 Å². The lowest BCUT2D eigenvalue weighted by atomic mass is 10.3. The van der Waals surface area contributed by atoms with Gasteiger partial charge in [0.2, 0.25) is 10.0 Å². The molecule has 0 heterocycles. The van der Waals surface area contributed by atoms with Crippen LogP contribution in [0, 0.1) is 0 Å². The SMILES string of the molecule is CC(C)S(=O)(=O)NC1CCCC1. The van der Waals surface area contributed by atoms with E-state index in [4.69, 9.17) is 0 Å². The van der Waals surface area contributed by atoms with Crippen LogP contribution in [0.4, 0.5) is 0 Å². The van der Waals surface area contributed by atoms with E-state index in [1.807, 2.05) is 0 Å². The molecule has 0 radical (unpaired) electrons. The quantitative estimate of drug-likeness (QED) is 0.730. The molecule has 1 N–H and O–H groups in total. The van der Waals surface area contributed by atoms with E-state index in [2.05, 4.69) is 4.72 Å². The van der Waals surface area contributed by atoms with E-state index in [0.717, 1.165) is 25.7 Å². The summed E-state index contributed by atoms with van der Waals surface area (Å²) in [7, 11) is -3.03. The maximum atomic E-state index is 11.4. The highest BCUT2D eigenvalue weighted by molar-refractivity contribution is 7.90. The second-order valence-electron chi connectivity index (χ2n) is 3.69. The lowest BCUT2D eigenvalue weighted by molar-refractivity contribution is 0.544.